The van der Waals surface area contributed by atoms with Crippen molar-refractivity contribution in [3.05, 3.63) is 0 Å². The molecule has 0 N–H and O–H groups in total. The zero-order valence-electron chi connectivity index (χ0n) is 10.4. The Kier molecular flexibility index (Phi) is 9.39. The van der Waals surface area contributed by atoms with Crippen molar-refractivity contribution >= 4 is 24.0 Å². The predicted octanol–water partition coefficient (Wildman–Crippen LogP) is 2.82. The van der Waals surface area contributed by atoms with E-state index in [-0.39, 0.29) is 5.97 Å². The fourth-order valence-corrected chi connectivity index (χ4v) is 2.91. The standard InChI is InChI=1S/C12H22O3S/c1-4-5-12(7-9-15-11(3)14)16-10(2)6-8-13/h8,10,12H,4-7,9H2,1-3H3. The lowest BCUT2D eigenvalue weighted by Gasteiger charge is -2.18. The molecule has 2 unspecified atom stereocenters. The molecule has 16 heavy (non-hydrogen) atoms. The summed E-state index contributed by atoms with van der Waals surface area (Å²) in [5.74, 6) is -0.221. The van der Waals surface area contributed by atoms with Crippen molar-refractivity contribution in [3.63, 3.8) is 0 Å². The second-order valence-corrected chi connectivity index (χ2v) is 5.63. The third-order valence-corrected chi connectivity index (χ3v) is 3.72. The lowest BCUT2D eigenvalue weighted by molar-refractivity contribution is -0.141. The van der Waals surface area contributed by atoms with E-state index in [9.17, 15) is 9.59 Å². The van der Waals surface area contributed by atoms with Crippen LogP contribution in [0, 0.1) is 0 Å². The number of ether oxygens (including phenoxy) is 1. The van der Waals surface area contributed by atoms with Crippen LogP contribution < -0.4 is 0 Å². The molecule has 0 aliphatic carbocycles. The highest BCUT2D eigenvalue weighted by Crippen LogP contribution is 2.25. The van der Waals surface area contributed by atoms with Gasteiger partial charge in [-0.15, -0.1) is 0 Å². The Morgan fingerprint density at radius 1 is 1.44 bits per heavy atom. The third kappa shape index (κ3) is 8.77. The van der Waals surface area contributed by atoms with Gasteiger partial charge in [0, 0.05) is 23.8 Å². The van der Waals surface area contributed by atoms with E-state index in [2.05, 4.69) is 13.8 Å². The highest BCUT2D eigenvalue weighted by atomic mass is 32.2. The number of carbonyl (C=O) groups is 2. The molecule has 0 aromatic rings. The van der Waals surface area contributed by atoms with Gasteiger partial charge in [-0.05, 0) is 12.8 Å². The van der Waals surface area contributed by atoms with Crippen LogP contribution >= 0.6 is 11.8 Å². The van der Waals surface area contributed by atoms with Gasteiger partial charge in [0.2, 0.25) is 0 Å². The molecule has 0 aromatic heterocycles. The monoisotopic (exact) mass is 246 g/mol. The Morgan fingerprint density at radius 2 is 2.12 bits per heavy atom. The molecule has 0 amide bonds. The van der Waals surface area contributed by atoms with Gasteiger partial charge >= 0.3 is 5.97 Å². The molecular weight excluding hydrogens is 224 g/mol. The maximum atomic E-state index is 10.6. The number of aldehydes is 1. The van der Waals surface area contributed by atoms with Crippen LogP contribution in [0.3, 0.4) is 0 Å². The summed E-state index contributed by atoms with van der Waals surface area (Å²) in [5, 5.41) is 0.839. The normalized spacial score (nSPS) is 14.2. The zero-order chi connectivity index (χ0) is 12.4. The Labute approximate surface area is 102 Å². The van der Waals surface area contributed by atoms with E-state index in [1.165, 1.54) is 6.92 Å². The van der Waals surface area contributed by atoms with Crippen molar-refractivity contribution in [1.82, 2.24) is 0 Å². The van der Waals surface area contributed by atoms with Gasteiger partial charge in [0.25, 0.3) is 0 Å². The molecule has 0 aliphatic rings. The third-order valence-electron chi connectivity index (χ3n) is 2.21. The zero-order valence-corrected chi connectivity index (χ0v) is 11.2. The number of thioether (sulfide) groups is 1. The first-order valence-corrected chi connectivity index (χ1v) is 6.76. The van der Waals surface area contributed by atoms with Crippen LogP contribution in [-0.2, 0) is 14.3 Å². The van der Waals surface area contributed by atoms with Crippen LogP contribution in [-0.4, -0.2) is 29.4 Å². The van der Waals surface area contributed by atoms with E-state index in [1.54, 1.807) is 0 Å². The van der Waals surface area contributed by atoms with Crippen LogP contribution in [0.5, 0.6) is 0 Å². The number of hydrogen-bond donors (Lipinski definition) is 0. The van der Waals surface area contributed by atoms with Gasteiger partial charge in [0.15, 0.2) is 0 Å². The summed E-state index contributed by atoms with van der Waals surface area (Å²) in [4.78, 5) is 21.0. The van der Waals surface area contributed by atoms with Crippen LogP contribution in [0.15, 0.2) is 0 Å². The molecule has 0 rings (SSSR count). The van der Waals surface area contributed by atoms with Gasteiger partial charge in [-0.25, -0.2) is 0 Å². The molecule has 0 aromatic carbocycles. The van der Waals surface area contributed by atoms with E-state index in [1.807, 2.05) is 11.8 Å². The molecular formula is C12H22O3S. The van der Waals surface area contributed by atoms with Gasteiger partial charge in [-0.2, -0.15) is 11.8 Å². The number of esters is 1. The minimum atomic E-state index is -0.221. The van der Waals surface area contributed by atoms with E-state index in [0.717, 1.165) is 25.5 Å². The highest BCUT2D eigenvalue weighted by Gasteiger charge is 2.13. The van der Waals surface area contributed by atoms with Crippen molar-refractivity contribution in [2.24, 2.45) is 0 Å². The fourth-order valence-electron chi connectivity index (χ4n) is 1.46. The second-order valence-electron chi connectivity index (χ2n) is 3.89. The van der Waals surface area contributed by atoms with Gasteiger partial charge in [0.1, 0.15) is 6.29 Å². The average Bonchev–Trinajstić information content (AvgIpc) is 2.17. The van der Waals surface area contributed by atoms with Gasteiger partial charge in [0.05, 0.1) is 6.61 Å². The SMILES string of the molecule is CCCC(CCOC(C)=O)SC(C)CC=O. The topological polar surface area (TPSA) is 43.4 Å². The first-order chi connectivity index (χ1) is 7.60. The summed E-state index contributed by atoms with van der Waals surface area (Å²) in [6.45, 7) is 6.12. The number of carbonyl (C=O) groups excluding carboxylic acids is 2. The van der Waals surface area contributed by atoms with Gasteiger partial charge in [-0.1, -0.05) is 20.3 Å². The lowest BCUT2D eigenvalue weighted by Crippen LogP contribution is -2.13. The summed E-state index contributed by atoms with van der Waals surface area (Å²) < 4.78 is 4.94. The molecule has 4 heteroatoms. The lowest BCUT2D eigenvalue weighted by atomic mass is 10.2. The molecule has 94 valence electrons. The Bertz CT molecular complexity index is 206. The second kappa shape index (κ2) is 9.70. The predicted molar refractivity (Wildman–Crippen MR) is 67.7 cm³/mol. The molecule has 0 heterocycles. The molecule has 0 spiro atoms. The minimum absolute atomic E-state index is 0.221. The maximum Gasteiger partial charge on any atom is 0.302 e. The molecule has 0 radical (unpaired) electrons. The quantitative estimate of drug-likeness (QED) is 0.463. The summed E-state index contributed by atoms with van der Waals surface area (Å²) in [6.07, 6.45) is 4.66. The maximum absolute atomic E-state index is 10.6. The molecule has 0 saturated heterocycles. The molecule has 3 nitrogen and oxygen atoms in total. The van der Waals surface area contributed by atoms with Crippen molar-refractivity contribution < 1.29 is 14.3 Å². The average molecular weight is 246 g/mol. The summed E-state index contributed by atoms with van der Waals surface area (Å²) >= 11 is 1.82. The molecule has 0 fully saturated rings. The molecule has 0 saturated carbocycles. The van der Waals surface area contributed by atoms with Gasteiger partial charge < -0.3 is 9.53 Å². The van der Waals surface area contributed by atoms with E-state index in [4.69, 9.17) is 4.74 Å². The van der Waals surface area contributed by atoms with Crippen molar-refractivity contribution in [1.29, 1.82) is 0 Å². The minimum Gasteiger partial charge on any atom is -0.466 e. The smallest absolute Gasteiger partial charge is 0.302 e. The van der Waals surface area contributed by atoms with E-state index < -0.39 is 0 Å². The van der Waals surface area contributed by atoms with Crippen LogP contribution in [0.1, 0.15) is 46.5 Å². The van der Waals surface area contributed by atoms with E-state index >= 15 is 0 Å². The summed E-state index contributed by atoms with van der Waals surface area (Å²) in [6, 6.07) is 0. The Balaban J connectivity index is 3.85. The first kappa shape index (κ1) is 15.5. The Morgan fingerprint density at radius 3 is 2.62 bits per heavy atom. The van der Waals surface area contributed by atoms with Gasteiger partial charge in [-0.3, -0.25) is 4.79 Å². The van der Waals surface area contributed by atoms with Crippen molar-refractivity contribution in [2.75, 3.05) is 6.61 Å². The summed E-state index contributed by atoms with van der Waals surface area (Å²) in [7, 11) is 0. The first-order valence-electron chi connectivity index (χ1n) is 5.82. The number of rotatable bonds is 9. The van der Waals surface area contributed by atoms with Crippen LogP contribution in [0.2, 0.25) is 0 Å². The highest BCUT2D eigenvalue weighted by molar-refractivity contribution is 8.00. The van der Waals surface area contributed by atoms with Crippen molar-refractivity contribution in [3.8, 4) is 0 Å². The molecule has 0 aliphatic heterocycles. The molecule has 2 atom stereocenters. The Hall–Kier alpha value is -0.510. The summed E-state index contributed by atoms with van der Waals surface area (Å²) in [5.41, 5.74) is 0. The van der Waals surface area contributed by atoms with Crippen molar-refractivity contribution in [2.45, 2.75) is 57.0 Å². The fraction of sp³-hybridized carbons (Fsp3) is 0.833. The number of hydrogen-bond acceptors (Lipinski definition) is 4. The largest absolute Gasteiger partial charge is 0.466 e. The van der Waals surface area contributed by atoms with Crippen LogP contribution in [0.4, 0.5) is 0 Å². The van der Waals surface area contributed by atoms with Crippen LogP contribution in [0.25, 0.3) is 0 Å². The molecule has 0 bridgehead atoms. The van der Waals surface area contributed by atoms with E-state index in [0.29, 0.717) is 23.5 Å².